The number of carbonyl (C=O) groups is 1. The number of nitrogens with zero attached hydrogens (tertiary/aromatic N) is 3. The molecular formula is C22H31FN4O. The lowest BCUT2D eigenvalue weighted by Gasteiger charge is -2.36. The second-order valence-electron chi connectivity index (χ2n) is 8.78. The number of rotatable bonds is 5. The van der Waals surface area contributed by atoms with Gasteiger partial charge in [0, 0.05) is 30.6 Å². The number of carbonyl (C=O) groups excluding carboxylic acids is 1. The number of nitrogens with one attached hydrogen (secondary N) is 1. The molecule has 0 radical (unpaired) electrons. The summed E-state index contributed by atoms with van der Waals surface area (Å²) in [4.78, 5) is 14.7. The summed E-state index contributed by atoms with van der Waals surface area (Å²) in [5.74, 6) is 0.628. The maximum Gasteiger partial charge on any atom is 0.230 e. The Bertz CT molecular complexity index is 803. The number of hydrogen-bond acceptors (Lipinski definition) is 3. The van der Waals surface area contributed by atoms with Crippen molar-refractivity contribution < 1.29 is 9.18 Å². The van der Waals surface area contributed by atoms with Crippen molar-refractivity contribution >= 4 is 11.7 Å². The van der Waals surface area contributed by atoms with E-state index in [0.29, 0.717) is 6.42 Å². The number of amides is 1. The van der Waals surface area contributed by atoms with Crippen LogP contribution >= 0.6 is 0 Å². The van der Waals surface area contributed by atoms with Crippen LogP contribution in [0.3, 0.4) is 0 Å². The number of likely N-dealkylation sites (tertiary alicyclic amines) is 1. The Morgan fingerprint density at radius 2 is 1.93 bits per heavy atom. The molecule has 1 aromatic carbocycles. The number of aromatic nitrogens is 2. The standard InChI is InChI=1S/C22H31FN4O/c1-16(15-17-7-5-6-8-19(17)23)26-13-10-18(11-14-26)27-20(9-12-24-27)25-21(28)22(2,3)4/h5-9,12,16,18H,10-11,13-15H2,1-4H3,(H,25,28)/t16-/m0/s1. The number of hydrogen-bond donors (Lipinski definition) is 1. The van der Waals surface area contributed by atoms with Crippen LogP contribution in [0, 0.1) is 11.2 Å². The van der Waals surface area contributed by atoms with E-state index in [1.54, 1.807) is 12.3 Å². The van der Waals surface area contributed by atoms with Gasteiger partial charge in [-0.1, -0.05) is 39.0 Å². The van der Waals surface area contributed by atoms with Crippen LogP contribution in [0.5, 0.6) is 0 Å². The molecule has 0 saturated carbocycles. The van der Waals surface area contributed by atoms with Crippen molar-refractivity contribution in [3.8, 4) is 0 Å². The Kier molecular flexibility index (Phi) is 6.18. The summed E-state index contributed by atoms with van der Waals surface area (Å²) >= 11 is 0. The first kappa shape index (κ1) is 20.5. The van der Waals surface area contributed by atoms with Gasteiger partial charge < -0.3 is 10.2 Å². The van der Waals surface area contributed by atoms with E-state index in [4.69, 9.17) is 0 Å². The third-order valence-corrected chi connectivity index (χ3v) is 5.53. The molecule has 1 fully saturated rings. The van der Waals surface area contributed by atoms with Crippen LogP contribution in [0.25, 0.3) is 0 Å². The minimum absolute atomic E-state index is 0.00908. The third-order valence-electron chi connectivity index (χ3n) is 5.53. The molecule has 6 heteroatoms. The zero-order chi connectivity index (χ0) is 20.3. The summed E-state index contributed by atoms with van der Waals surface area (Å²) in [6.07, 6.45) is 4.38. The first-order valence-electron chi connectivity index (χ1n) is 10.1. The largest absolute Gasteiger partial charge is 0.310 e. The summed E-state index contributed by atoms with van der Waals surface area (Å²) in [7, 11) is 0. The molecule has 1 saturated heterocycles. The summed E-state index contributed by atoms with van der Waals surface area (Å²) in [5.41, 5.74) is 0.331. The molecule has 0 unspecified atom stereocenters. The fourth-order valence-electron chi connectivity index (χ4n) is 3.69. The molecule has 28 heavy (non-hydrogen) atoms. The molecule has 2 heterocycles. The number of piperidine rings is 1. The predicted octanol–water partition coefficient (Wildman–Crippen LogP) is 4.27. The van der Waals surface area contributed by atoms with Crippen LogP contribution in [-0.4, -0.2) is 39.7 Å². The van der Waals surface area contributed by atoms with E-state index in [9.17, 15) is 9.18 Å². The van der Waals surface area contributed by atoms with E-state index in [-0.39, 0.29) is 23.8 Å². The Labute approximate surface area is 166 Å². The Morgan fingerprint density at radius 1 is 1.25 bits per heavy atom. The second-order valence-corrected chi connectivity index (χ2v) is 8.78. The van der Waals surface area contributed by atoms with Crippen LogP contribution < -0.4 is 5.32 Å². The number of anilines is 1. The minimum atomic E-state index is -0.444. The van der Waals surface area contributed by atoms with Crippen molar-refractivity contribution in [3.63, 3.8) is 0 Å². The van der Waals surface area contributed by atoms with Crippen molar-refractivity contribution in [1.29, 1.82) is 0 Å². The van der Waals surface area contributed by atoms with E-state index in [2.05, 4.69) is 22.2 Å². The predicted molar refractivity (Wildman–Crippen MR) is 110 cm³/mol. The van der Waals surface area contributed by atoms with Gasteiger partial charge in [-0.05, 0) is 37.8 Å². The van der Waals surface area contributed by atoms with Crippen LogP contribution in [-0.2, 0) is 11.2 Å². The summed E-state index contributed by atoms with van der Waals surface area (Å²) < 4.78 is 15.9. The summed E-state index contributed by atoms with van der Waals surface area (Å²) in [5, 5.41) is 7.46. The molecule has 1 aliphatic rings. The fraction of sp³-hybridized carbons (Fsp3) is 0.545. The third kappa shape index (κ3) is 4.79. The minimum Gasteiger partial charge on any atom is -0.310 e. The molecule has 5 nitrogen and oxygen atoms in total. The molecular weight excluding hydrogens is 355 g/mol. The lowest BCUT2D eigenvalue weighted by Crippen LogP contribution is -2.42. The highest BCUT2D eigenvalue weighted by molar-refractivity contribution is 5.93. The number of halogens is 1. The van der Waals surface area contributed by atoms with Crippen LogP contribution in [0.4, 0.5) is 10.2 Å². The van der Waals surface area contributed by atoms with Gasteiger partial charge in [-0.15, -0.1) is 0 Å². The zero-order valence-corrected chi connectivity index (χ0v) is 17.3. The molecule has 1 N–H and O–H groups in total. The highest BCUT2D eigenvalue weighted by atomic mass is 19.1. The number of benzene rings is 1. The monoisotopic (exact) mass is 386 g/mol. The van der Waals surface area contributed by atoms with Crippen LogP contribution in [0.15, 0.2) is 36.5 Å². The topological polar surface area (TPSA) is 50.2 Å². The van der Waals surface area contributed by atoms with Gasteiger partial charge in [-0.3, -0.25) is 4.79 Å². The molecule has 2 aromatic rings. The van der Waals surface area contributed by atoms with Crippen molar-refractivity contribution in [2.75, 3.05) is 18.4 Å². The van der Waals surface area contributed by atoms with Gasteiger partial charge in [-0.25, -0.2) is 9.07 Å². The molecule has 1 amide bonds. The fourth-order valence-corrected chi connectivity index (χ4v) is 3.69. The highest BCUT2D eigenvalue weighted by Gasteiger charge is 2.27. The van der Waals surface area contributed by atoms with E-state index in [1.807, 2.05) is 43.7 Å². The summed E-state index contributed by atoms with van der Waals surface area (Å²) in [6, 6.07) is 9.43. The lowest BCUT2D eigenvalue weighted by molar-refractivity contribution is -0.123. The molecule has 0 aliphatic carbocycles. The smallest absolute Gasteiger partial charge is 0.230 e. The van der Waals surface area contributed by atoms with Crippen molar-refractivity contribution in [2.24, 2.45) is 5.41 Å². The van der Waals surface area contributed by atoms with E-state index >= 15 is 0 Å². The highest BCUT2D eigenvalue weighted by Crippen LogP contribution is 2.28. The Morgan fingerprint density at radius 3 is 2.57 bits per heavy atom. The molecule has 1 atom stereocenters. The van der Waals surface area contributed by atoms with Crippen LogP contribution in [0.1, 0.15) is 52.1 Å². The van der Waals surface area contributed by atoms with Crippen molar-refractivity contribution in [1.82, 2.24) is 14.7 Å². The van der Waals surface area contributed by atoms with Gasteiger partial charge in [0.2, 0.25) is 5.91 Å². The Hall–Kier alpha value is -2.21. The Balaban J connectivity index is 1.58. The van der Waals surface area contributed by atoms with Gasteiger partial charge in [0.15, 0.2) is 0 Å². The molecule has 3 rings (SSSR count). The molecule has 1 aliphatic heterocycles. The molecule has 0 bridgehead atoms. The molecule has 1 aromatic heterocycles. The SMILES string of the molecule is C[C@@H](Cc1ccccc1F)N1CCC(n2nccc2NC(=O)C(C)(C)C)CC1. The van der Waals surface area contributed by atoms with Gasteiger partial charge in [-0.2, -0.15) is 5.10 Å². The van der Waals surface area contributed by atoms with Crippen molar-refractivity contribution in [3.05, 3.63) is 47.9 Å². The normalized spacial score (nSPS) is 17.5. The first-order chi connectivity index (χ1) is 13.3. The van der Waals surface area contributed by atoms with Gasteiger partial charge >= 0.3 is 0 Å². The van der Waals surface area contributed by atoms with E-state index in [1.165, 1.54) is 6.07 Å². The average molecular weight is 387 g/mol. The lowest BCUT2D eigenvalue weighted by atomic mass is 9.96. The average Bonchev–Trinajstić information content (AvgIpc) is 3.11. The van der Waals surface area contributed by atoms with Crippen molar-refractivity contribution in [2.45, 2.75) is 59.0 Å². The van der Waals surface area contributed by atoms with Gasteiger partial charge in [0.25, 0.3) is 0 Å². The van der Waals surface area contributed by atoms with E-state index < -0.39 is 5.41 Å². The van der Waals surface area contributed by atoms with Crippen LogP contribution in [0.2, 0.25) is 0 Å². The quantitative estimate of drug-likeness (QED) is 0.835. The summed E-state index contributed by atoms with van der Waals surface area (Å²) in [6.45, 7) is 9.74. The zero-order valence-electron chi connectivity index (χ0n) is 17.3. The van der Waals surface area contributed by atoms with Gasteiger partial charge in [0.1, 0.15) is 11.6 Å². The first-order valence-corrected chi connectivity index (χ1v) is 10.1. The molecule has 0 spiro atoms. The maximum absolute atomic E-state index is 13.9. The molecule has 152 valence electrons. The van der Waals surface area contributed by atoms with Gasteiger partial charge in [0.05, 0.1) is 12.2 Å². The maximum atomic E-state index is 13.9. The van der Waals surface area contributed by atoms with E-state index in [0.717, 1.165) is 37.3 Å². The second kappa shape index (κ2) is 8.43.